The van der Waals surface area contributed by atoms with Crippen molar-refractivity contribution in [2.24, 2.45) is 5.73 Å². The molecule has 2 atom stereocenters. The van der Waals surface area contributed by atoms with Crippen LogP contribution in [-0.4, -0.2) is 40.5 Å². The van der Waals surface area contributed by atoms with Gasteiger partial charge in [0.1, 0.15) is 6.04 Å². The Kier molecular flexibility index (Phi) is 4.74. The van der Waals surface area contributed by atoms with E-state index in [1.54, 1.807) is 0 Å². The first-order chi connectivity index (χ1) is 9.59. The fraction of sp³-hybridized carbons (Fsp3) is 0.467. The van der Waals surface area contributed by atoms with Crippen molar-refractivity contribution >= 4 is 11.9 Å². The fourth-order valence-corrected chi connectivity index (χ4v) is 2.57. The number of nitrogens with two attached hydrogens (primary N) is 1. The number of aliphatic carboxylic acids is 1. The Labute approximate surface area is 118 Å². The molecule has 0 spiro atoms. The van der Waals surface area contributed by atoms with E-state index < -0.39 is 18.1 Å². The molecule has 1 heterocycles. The third kappa shape index (κ3) is 3.36. The Balaban J connectivity index is 2.19. The summed E-state index contributed by atoms with van der Waals surface area (Å²) in [6, 6.07) is 7.95. The summed E-state index contributed by atoms with van der Waals surface area (Å²) in [5, 5.41) is 9.45. The summed E-state index contributed by atoms with van der Waals surface area (Å²) in [6.45, 7) is 0.469. The van der Waals surface area contributed by atoms with Gasteiger partial charge in [-0.3, -0.25) is 4.79 Å². The zero-order chi connectivity index (χ0) is 14.5. The van der Waals surface area contributed by atoms with Gasteiger partial charge in [-0.05, 0) is 24.8 Å². The highest BCUT2D eigenvalue weighted by atomic mass is 16.4. The highest BCUT2D eigenvalue weighted by molar-refractivity contribution is 5.87. The molecule has 0 bridgehead atoms. The summed E-state index contributed by atoms with van der Waals surface area (Å²) in [5.74, 6) is -1.22. The molecule has 0 radical (unpaired) electrons. The van der Waals surface area contributed by atoms with Crippen LogP contribution in [0.3, 0.4) is 0 Å². The van der Waals surface area contributed by atoms with Crippen LogP contribution < -0.4 is 5.73 Å². The fourth-order valence-electron chi connectivity index (χ4n) is 2.57. The molecule has 108 valence electrons. The SMILES string of the molecule is N[C@H]1CCCCN(C(Cc2ccccc2)C(=O)O)C1=O. The molecular formula is C15H20N2O3. The van der Waals surface area contributed by atoms with Crippen molar-refractivity contribution in [2.75, 3.05) is 6.54 Å². The summed E-state index contributed by atoms with van der Waals surface area (Å²) in [7, 11) is 0. The number of carboxylic acid groups (broad SMARTS) is 1. The Morgan fingerprint density at radius 3 is 2.70 bits per heavy atom. The van der Waals surface area contributed by atoms with Crippen LogP contribution >= 0.6 is 0 Å². The Hall–Kier alpha value is -1.88. The quantitative estimate of drug-likeness (QED) is 0.860. The lowest BCUT2D eigenvalue weighted by atomic mass is 10.0. The zero-order valence-corrected chi connectivity index (χ0v) is 11.4. The number of amides is 1. The largest absolute Gasteiger partial charge is 0.480 e. The monoisotopic (exact) mass is 276 g/mol. The average molecular weight is 276 g/mol. The van der Waals surface area contributed by atoms with Gasteiger partial charge in [0, 0.05) is 13.0 Å². The molecule has 1 amide bonds. The van der Waals surface area contributed by atoms with E-state index >= 15 is 0 Å². The number of benzene rings is 1. The molecule has 5 nitrogen and oxygen atoms in total. The summed E-state index contributed by atoms with van der Waals surface area (Å²) in [6.07, 6.45) is 2.61. The summed E-state index contributed by atoms with van der Waals surface area (Å²) in [4.78, 5) is 25.2. The average Bonchev–Trinajstić information content (AvgIpc) is 2.60. The maximum Gasteiger partial charge on any atom is 0.326 e. The molecule has 0 aromatic heterocycles. The molecule has 1 unspecified atom stereocenters. The van der Waals surface area contributed by atoms with Crippen LogP contribution in [0.1, 0.15) is 24.8 Å². The van der Waals surface area contributed by atoms with Crippen molar-refractivity contribution in [1.82, 2.24) is 4.90 Å². The van der Waals surface area contributed by atoms with Crippen molar-refractivity contribution in [1.29, 1.82) is 0 Å². The van der Waals surface area contributed by atoms with Crippen molar-refractivity contribution in [3.05, 3.63) is 35.9 Å². The molecule has 3 N–H and O–H groups in total. The van der Waals surface area contributed by atoms with E-state index in [1.165, 1.54) is 4.90 Å². The van der Waals surface area contributed by atoms with Crippen LogP contribution in [0.25, 0.3) is 0 Å². The van der Waals surface area contributed by atoms with Gasteiger partial charge in [0.05, 0.1) is 6.04 Å². The molecule has 0 saturated carbocycles. The first-order valence-corrected chi connectivity index (χ1v) is 6.92. The van der Waals surface area contributed by atoms with Gasteiger partial charge in [-0.1, -0.05) is 30.3 Å². The number of nitrogens with zero attached hydrogens (tertiary/aromatic N) is 1. The van der Waals surface area contributed by atoms with Gasteiger partial charge in [0.25, 0.3) is 0 Å². The lowest BCUT2D eigenvalue weighted by molar-refractivity contribution is -0.150. The second kappa shape index (κ2) is 6.52. The minimum absolute atomic E-state index is 0.245. The van der Waals surface area contributed by atoms with Crippen molar-refractivity contribution in [2.45, 2.75) is 37.8 Å². The van der Waals surface area contributed by atoms with Crippen molar-refractivity contribution in [3.63, 3.8) is 0 Å². The predicted molar refractivity (Wildman–Crippen MR) is 75.1 cm³/mol. The molecule has 20 heavy (non-hydrogen) atoms. The van der Waals surface area contributed by atoms with Crippen LogP contribution in [0.2, 0.25) is 0 Å². The molecule has 1 aromatic rings. The lowest BCUT2D eigenvalue weighted by Crippen LogP contribution is -2.51. The van der Waals surface area contributed by atoms with E-state index in [4.69, 9.17) is 5.73 Å². The summed E-state index contributed by atoms with van der Waals surface area (Å²) in [5.41, 5.74) is 6.72. The molecule has 5 heteroatoms. The molecule has 1 aliphatic heterocycles. The highest BCUT2D eigenvalue weighted by Gasteiger charge is 2.33. The topological polar surface area (TPSA) is 83.6 Å². The molecule has 0 aliphatic carbocycles. The van der Waals surface area contributed by atoms with Crippen molar-refractivity contribution in [3.8, 4) is 0 Å². The van der Waals surface area contributed by atoms with E-state index in [0.717, 1.165) is 18.4 Å². The first kappa shape index (κ1) is 14.5. The molecule has 2 rings (SSSR count). The van der Waals surface area contributed by atoms with Gasteiger partial charge >= 0.3 is 5.97 Å². The Morgan fingerprint density at radius 1 is 1.35 bits per heavy atom. The molecule has 1 aromatic carbocycles. The Bertz CT molecular complexity index is 475. The van der Waals surface area contributed by atoms with Crippen LogP contribution in [0, 0.1) is 0 Å². The summed E-state index contributed by atoms with van der Waals surface area (Å²) < 4.78 is 0. The van der Waals surface area contributed by atoms with E-state index in [-0.39, 0.29) is 5.91 Å². The highest BCUT2D eigenvalue weighted by Crippen LogP contribution is 2.17. The van der Waals surface area contributed by atoms with E-state index in [9.17, 15) is 14.7 Å². The van der Waals surface area contributed by atoms with Crippen molar-refractivity contribution < 1.29 is 14.7 Å². The first-order valence-electron chi connectivity index (χ1n) is 6.92. The molecule has 1 fully saturated rings. The van der Waals surface area contributed by atoms with Gasteiger partial charge in [-0.15, -0.1) is 0 Å². The van der Waals surface area contributed by atoms with E-state index in [2.05, 4.69) is 0 Å². The lowest BCUT2D eigenvalue weighted by Gasteiger charge is -2.29. The second-order valence-corrected chi connectivity index (χ2v) is 5.18. The molecule has 1 saturated heterocycles. The molecular weight excluding hydrogens is 256 g/mol. The van der Waals surface area contributed by atoms with E-state index in [1.807, 2.05) is 30.3 Å². The van der Waals surface area contributed by atoms with Crippen LogP contribution in [0.4, 0.5) is 0 Å². The summed E-state index contributed by atoms with van der Waals surface area (Å²) >= 11 is 0. The number of carbonyl (C=O) groups is 2. The van der Waals surface area contributed by atoms with Gasteiger partial charge < -0.3 is 15.7 Å². The standard InChI is InChI=1S/C15H20N2O3/c16-12-8-4-5-9-17(14(12)18)13(15(19)20)10-11-6-2-1-3-7-11/h1-3,6-7,12-13H,4-5,8-10,16H2,(H,19,20)/t12-,13?/m0/s1. The Morgan fingerprint density at radius 2 is 2.05 bits per heavy atom. The zero-order valence-electron chi connectivity index (χ0n) is 11.4. The van der Waals surface area contributed by atoms with Gasteiger partial charge in [0.15, 0.2) is 0 Å². The van der Waals surface area contributed by atoms with Gasteiger partial charge in [0.2, 0.25) is 5.91 Å². The second-order valence-electron chi connectivity index (χ2n) is 5.18. The van der Waals surface area contributed by atoms with E-state index in [0.29, 0.717) is 19.4 Å². The predicted octanol–water partition coefficient (Wildman–Crippen LogP) is 1.02. The number of hydrogen-bond acceptors (Lipinski definition) is 3. The third-order valence-corrected chi connectivity index (χ3v) is 3.70. The van der Waals surface area contributed by atoms with Gasteiger partial charge in [-0.2, -0.15) is 0 Å². The number of likely N-dealkylation sites (tertiary alicyclic amines) is 1. The molecule has 1 aliphatic rings. The number of carbonyl (C=O) groups excluding carboxylic acids is 1. The van der Waals surface area contributed by atoms with Crippen LogP contribution in [0.5, 0.6) is 0 Å². The maximum absolute atomic E-state index is 12.2. The number of rotatable bonds is 4. The number of carboxylic acids is 1. The third-order valence-electron chi connectivity index (χ3n) is 3.70. The normalized spacial score (nSPS) is 21.4. The van der Waals surface area contributed by atoms with Crippen LogP contribution in [-0.2, 0) is 16.0 Å². The van der Waals surface area contributed by atoms with Gasteiger partial charge in [-0.25, -0.2) is 4.79 Å². The number of hydrogen-bond donors (Lipinski definition) is 2. The maximum atomic E-state index is 12.2. The smallest absolute Gasteiger partial charge is 0.326 e. The minimum Gasteiger partial charge on any atom is -0.480 e. The van der Waals surface area contributed by atoms with Crippen LogP contribution in [0.15, 0.2) is 30.3 Å². The minimum atomic E-state index is -0.976.